The first kappa shape index (κ1) is 22.7. The number of ether oxygens (including phenoxy) is 1. The van der Waals surface area contributed by atoms with Crippen LogP contribution < -0.4 is 16.2 Å². The lowest BCUT2D eigenvalue weighted by molar-refractivity contribution is 0.0562. The molecule has 0 bridgehead atoms. The van der Waals surface area contributed by atoms with E-state index in [2.05, 4.69) is 15.7 Å². The molecule has 0 atom stereocenters. The monoisotopic (exact) mass is 472 g/mol. The van der Waals surface area contributed by atoms with Crippen LogP contribution in [0.1, 0.15) is 62.4 Å². The number of urea groups is 1. The number of nitrogens with zero attached hydrogens (tertiary/aromatic N) is 4. The predicted molar refractivity (Wildman–Crippen MR) is 124 cm³/mol. The van der Waals surface area contributed by atoms with Crippen molar-refractivity contribution >= 4 is 23.4 Å². The highest BCUT2D eigenvalue weighted by molar-refractivity contribution is 5.97. The standard InChI is InChI=1S/C23H32N6O5/c1-23(2,3)12-28-19-15-11-27(10-13-6-8-34-9-7-13)22(33)25-17(15)26-29(19)21(32)16(20(28)31)18(30)24-14-4-5-14/h13-14,31H,4-12H2,1-3H3,(H,24,30)(H,25,26,33). The van der Waals surface area contributed by atoms with Gasteiger partial charge in [0.2, 0.25) is 5.88 Å². The largest absolute Gasteiger partial charge is 0.494 e. The molecule has 4 heterocycles. The van der Waals surface area contributed by atoms with Crippen molar-refractivity contribution in [2.24, 2.45) is 11.3 Å². The number of hydrogen-bond acceptors (Lipinski definition) is 6. The fourth-order valence-corrected chi connectivity index (χ4v) is 4.68. The third kappa shape index (κ3) is 4.24. The van der Waals surface area contributed by atoms with E-state index in [-0.39, 0.29) is 41.3 Å². The average Bonchev–Trinajstić information content (AvgIpc) is 3.50. The Morgan fingerprint density at radius 1 is 1.21 bits per heavy atom. The zero-order valence-electron chi connectivity index (χ0n) is 19.9. The molecule has 184 valence electrons. The third-order valence-corrected chi connectivity index (χ3v) is 6.55. The Morgan fingerprint density at radius 2 is 1.91 bits per heavy atom. The number of amides is 3. The van der Waals surface area contributed by atoms with Gasteiger partial charge in [0, 0.05) is 32.3 Å². The minimum absolute atomic E-state index is 0.0296. The molecule has 11 nitrogen and oxygen atoms in total. The van der Waals surface area contributed by atoms with Gasteiger partial charge in [-0.1, -0.05) is 20.8 Å². The molecule has 3 N–H and O–H groups in total. The van der Waals surface area contributed by atoms with Gasteiger partial charge in [0.25, 0.3) is 11.5 Å². The second-order valence-corrected chi connectivity index (χ2v) is 10.8. The molecule has 1 saturated heterocycles. The number of carbonyl (C=O) groups excluding carboxylic acids is 2. The first-order chi connectivity index (χ1) is 16.1. The summed E-state index contributed by atoms with van der Waals surface area (Å²) in [5.41, 5.74) is -0.247. The lowest BCUT2D eigenvalue weighted by Crippen LogP contribution is -2.42. The van der Waals surface area contributed by atoms with Gasteiger partial charge in [-0.2, -0.15) is 4.52 Å². The highest BCUT2D eigenvalue weighted by Crippen LogP contribution is 2.32. The molecule has 0 unspecified atom stereocenters. The zero-order chi connectivity index (χ0) is 24.2. The number of hydrogen-bond donors (Lipinski definition) is 3. The quantitative estimate of drug-likeness (QED) is 0.610. The van der Waals surface area contributed by atoms with Gasteiger partial charge in [-0.15, -0.1) is 5.10 Å². The maximum atomic E-state index is 13.3. The number of nitrogens with one attached hydrogen (secondary N) is 2. The normalized spacial score (nSPS) is 19.3. The van der Waals surface area contributed by atoms with Gasteiger partial charge in [-0.3, -0.25) is 19.5 Å². The zero-order valence-corrected chi connectivity index (χ0v) is 19.9. The Labute approximate surface area is 197 Å². The number of rotatable bonds is 5. The summed E-state index contributed by atoms with van der Waals surface area (Å²) in [4.78, 5) is 40.7. The van der Waals surface area contributed by atoms with E-state index in [0.29, 0.717) is 43.4 Å². The lowest BCUT2D eigenvalue weighted by Gasteiger charge is -2.32. The minimum Gasteiger partial charge on any atom is -0.494 e. The van der Waals surface area contributed by atoms with Crippen molar-refractivity contribution in [1.29, 1.82) is 0 Å². The van der Waals surface area contributed by atoms with Crippen LogP contribution in [-0.4, -0.2) is 61.9 Å². The Hall–Kier alpha value is -3.08. The fraction of sp³-hybridized carbons (Fsp3) is 0.652. The maximum absolute atomic E-state index is 13.3. The highest BCUT2D eigenvalue weighted by Gasteiger charge is 2.35. The van der Waals surface area contributed by atoms with E-state index in [9.17, 15) is 19.5 Å². The summed E-state index contributed by atoms with van der Waals surface area (Å²) in [6.45, 7) is 8.58. The molecule has 5 rings (SSSR count). The van der Waals surface area contributed by atoms with Crippen LogP contribution in [0.5, 0.6) is 5.88 Å². The molecule has 0 aromatic carbocycles. The summed E-state index contributed by atoms with van der Waals surface area (Å²) in [6, 6.07) is -0.241. The Morgan fingerprint density at radius 3 is 2.56 bits per heavy atom. The maximum Gasteiger partial charge on any atom is 0.323 e. The van der Waals surface area contributed by atoms with Gasteiger partial charge >= 0.3 is 6.03 Å². The van der Waals surface area contributed by atoms with Crippen molar-refractivity contribution in [3.63, 3.8) is 0 Å². The minimum atomic E-state index is -0.699. The van der Waals surface area contributed by atoms with E-state index in [1.54, 1.807) is 9.47 Å². The van der Waals surface area contributed by atoms with Crippen molar-refractivity contribution in [2.75, 3.05) is 25.1 Å². The molecular formula is C23H32N6O5. The molecule has 1 saturated carbocycles. The molecule has 0 spiro atoms. The number of aromatic nitrogens is 3. The lowest BCUT2D eigenvalue weighted by atomic mass is 9.96. The van der Waals surface area contributed by atoms with Crippen LogP contribution in [0, 0.1) is 11.3 Å². The number of fused-ring (bicyclic) bond motifs is 3. The van der Waals surface area contributed by atoms with Crippen molar-refractivity contribution in [3.05, 3.63) is 21.5 Å². The molecule has 1 aliphatic carbocycles. The van der Waals surface area contributed by atoms with E-state index in [1.165, 1.54) is 0 Å². The summed E-state index contributed by atoms with van der Waals surface area (Å²) < 4.78 is 8.16. The summed E-state index contributed by atoms with van der Waals surface area (Å²) in [7, 11) is 0. The average molecular weight is 473 g/mol. The van der Waals surface area contributed by atoms with Crippen LogP contribution in [0.2, 0.25) is 0 Å². The Bertz CT molecular complexity index is 1200. The van der Waals surface area contributed by atoms with Crippen LogP contribution >= 0.6 is 0 Å². The van der Waals surface area contributed by atoms with Crippen molar-refractivity contribution in [3.8, 4) is 5.88 Å². The van der Waals surface area contributed by atoms with Gasteiger partial charge in [0.1, 0.15) is 5.65 Å². The predicted octanol–water partition coefficient (Wildman–Crippen LogP) is 1.91. The number of anilines is 1. The van der Waals surface area contributed by atoms with Crippen molar-refractivity contribution in [1.82, 2.24) is 24.4 Å². The van der Waals surface area contributed by atoms with Crippen LogP contribution in [0.3, 0.4) is 0 Å². The molecule has 2 aliphatic heterocycles. The third-order valence-electron chi connectivity index (χ3n) is 6.55. The van der Waals surface area contributed by atoms with Crippen molar-refractivity contribution in [2.45, 2.75) is 65.6 Å². The van der Waals surface area contributed by atoms with E-state index < -0.39 is 11.5 Å². The molecule has 2 aromatic heterocycles. The summed E-state index contributed by atoms with van der Waals surface area (Å²) in [6.07, 6.45) is 3.49. The first-order valence-corrected chi connectivity index (χ1v) is 11.9. The highest BCUT2D eigenvalue weighted by atomic mass is 16.5. The van der Waals surface area contributed by atoms with Gasteiger partial charge in [-0.05, 0) is 37.0 Å². The van der Waals surface area contributed by atoms with Crippen LogP contribution in [-0.2, 0) is 17.8 Å². The Balaban J connectivity index is 1.60. The fourth-order valence-electron chi connectivity index (χ4n) is 4.68. The second kappa shape index (κ2) is 8.30. The molecule has 34 heavy (non-hydrogen) atoms. The van der Waals surface area contributed by atoms with E-state index >= 15 is 0 Å². The van der Waals surface area contributed by atoms with Gasteiger partial charge in [0.15, 0.2) is 11.4 Å². The molecule has 3 aliphatic rings. The van der Waals surface area contributed by atoms with Crippen LogP contribution in [0.4, 0.5) is 10.6 Å². The SMILES string of the molecule is CC(C)(C)Cn1c(O)c(C(=O)NC2CC2)c(=O)n2nc3c(c12)CN(CC1CCOCC1)C(=O)N3. The second-order valence-electron chi connectivity index (χ2n) is 10.8. The smallest absolute Gasteiger partial charge is 0.323 e. The first-order valence-electron chi connectivity index (χ1n) is 11.9. The molecule has 3 amide bonds. The van der Waals surface area contributed by atoms with Crippen molar-refractivity contribution < 1.29 is 19.4 Å². The summed E-state index contributed by atoms with van der Waals surface area (Å²) in [5, 5.41) is 21.1. The van der Waals surface area contributed by atoms with E-state index in [4.69, 9.17) is 4.74 Å². The van der Waals surface area contributed by atoms with Gasteiger partial charge < -0.3 is 20.1 Å². The molecule has 2 fully saturated rings. The molecule has 2 aromatic rings. The molecular weight excluding hydrogens is 440 g/mol. The number of aromatic hydroxyl groups is 1. The molecule has 0 radical (unpaired) electrons. The van der Waals surface area contributed by atoms with Crippen LogP contribution in [0.15, 0.2) is 4.79 Å². The van der Waals surface area contributed by atoms with Gasteiger partial charge in [-0.25, -0.2) is 4.79 Å². The summed E-state index contributed by atoms with van der Waals surface area (Å²) >= 11 is 0. The number of carbonyl (C=O) groups is 2. The van der Waals surface area contributed by atoms with Crippen LogP contribution in [0.25, 0.3) is 5.65 Å². The molecule has 11 heteroatoms. The van der Waals surface area contributed by atoms with E-state index in [1.807, 2.05) is 20.8 Å². The Kier molecular flexibility index (Phi) is 5.54. The summed E-state index contributed by atoms with van der Waals surface area (Å²) in [5.74, 6) is -0.354. The van der Waals surface area contributed by atoms with Gasteiger partial charge in [0.05, 0.1) is 12.1 Å². The topological polar surface area (TPSA) is 130 Å². The van der Waals surface area contributed by atoms with E-state index in [0.717, 1.165) is 30.2 Å².